The molecule has 1 nitrogen and oxygen atoms in total. The van der Waals surface area contributed by atoms with Crippen LogP contribution in [-0.4, -0.2) is 5.78 Å². The van der Waals surface area contributed by atoms with Gasteiger partial charge < -0.3 is 0 Å². The molecule has 4 aliphatic rings. The van der Waals surface area contributed by atoms with Crippen LogP contribution in [0.15, 0.2) is 0 Å². The monoisotopic (exact) mass is 316 g/mol. The smallest absolute Gasteiger partial charge is 0.133 e. The highest BCUT2D eigenvalue weighted by Gasteiger charge is 2.60. The van der Waals surface area contributed by atoms with Gasteiger partial charge in [0, 0.05) is 5.92 Å². The van der Waals surface area contributed by atoms with Crippen LogP contribution in [0, 0.1) is 46.3 Å². The molecule has 1 heteroatoms. The topological polar surface area (TPSA) is 17.1 Å². The van der Waals surface area contributed by atoms with E-state index in [2.05, 4.69) is 20.8 Å². The van der Waals surface area contributed by atoms with Gasteiger partial charge in [0.25, 0.3) is 0 Å². The molecule has 0 aromatic rings. The summed E-state index contributed by atoms with van der Waals surface area (Å²) < 4.78 is 0. The van der Waals surface area contributed by atoms with Gasteiger partial charge in [0.15, 0.2) is 0 Å². The summed E-state index contributed by atoms with van der Waals surface area (Å²) >= 11 is 0. The minimum absolute atomic E-state index is 0.332. The molecule has 0 saturated heterocycles. The van der Waals surface area contributed by atoms with Gasteiger partial charge in [-0.3, -0.25) is 4.79 Å². The first-order chi connectivity index (χ1) is 10.9. The van der Waals surface area contributed by atoms with Gasteiger partial charge in [0.05, 0.1) is 0 Å². The summed E-state index contributed by atoms with van der Waals surface area (Å²) in [6.07, 6.45) is 12.6. The Labute approximate surface area is 143 Å². The second-order valence-electron chi connectivity index (χ2n) is 10.3. The maximum Gasteiger partial charge on any atom is 0.133 e. The quantitative estimate of drug-likeness (QED) is 0.591. The number of carbonyl (C=O) groups excluding carboxylic acids is 1. The van der Waals surface area contributed by atoms with E-state index in [1.807, 2.05) is 6.92 Å². The van der Waals surface area contributed by atoms with Gasteiger partial charge in [-0.25, -0.2) is 0 Å². The third-order valence-electron chi connectivity index (χ3n) is 9.42. The van der Waals surface area contributed by atoms with Crippen molar-refractivity contribution in [3.05, 3.63) is 0 Å². The van der Waals surface area contributed by atoms with Crippen molar-refractivity contribution < 1.29 is 4.79 Å². The molecule has 4 saturated carbocycles. The summed E-state index contributed by atoms with van der Waals surface area (Å²) in [5.41, 5.74) is 0.948. The molecule has 23 heavy (non-hydrogen) atoms. The number of fused-ring (bicyclic) bond motifs is 5. The fraction of sp³-hybridized carbons (Fsp3) is 0.955. The molecule has 4 rings (SSSR count). The van der Waals surface area contributed by atoms with Gasteiger partial charge in [0.1, 0.15) is 5.78 Å². The standard InChI is InChI=1S/C22H36O/c1-14-9-11-21(3)16(13-14)5-6-17-19-8-7-18(15(2)23)22(19,4)12-10-20(17)21/h14,16-20H,5-13H2,1-4H3/t14-,16?,17-,18+,19-,20-,21-,22+/m0/s1. The summed E-state index contributed by atoms with van der Waals surface area (Å²) in [5, 5.41) is 0. The van der Waals surface area contributed by atoms with E-state index in [4.69, 9.17) is 0 Å². The van der Waals surface area contributed by atoms with E-state index in [1.54, 1.807) is 0 Å². The molecule has 1 unspecified atom stereocenters. The predicted octanol–water partition coefficient (Wildman–Crippen LogP) is 5.87. The number of hydrogen-bond donors (Lipinski definition) is 0. The molecule has 0 aromatic carbocycles. The summed E-state index contributed by atoms with van der Waals surface area (Å²) in [7, 11) is 0. The van der Waals surface area contributed by atoms with E-state index >= 15 is 0 Å². The number of carbonyl (C=O) groups is 1. The molecule has 0 amide bonds. The van der Waals surface area contributed by atoms with Gasteiger partial charge in [-0.15, -0.1) is 0 Å². The van der Waals surface area contributed by atoms with Crippen molar-refractivity contribution in [1.29, 1.82) is 0 Å². The van der Waals surface area contributed by atoms with Crippen LogP contribution in [-0.2, 0) is 4.79 Å². The molecule has 130 valence electrons. The lowest BCUT2D eigenvalue weighted by Gasteiger charge is -2.61. The van der Waals surface area contributed by atoms with Crippen molar-refractivity contribution in [2.24, 2.45) is 46.3 Å². The van der Waals surface area contributed by atoms with Crippen LogP contribution < -0.4 is 0 Å². The van der Waals surface area contributed by atoms with E-state index < -0.39 is 0 Å². The second-order valence-corrected chi connectivity index (χ2v) is 10.3. The van der Waals surface area contributed by atoms with Crippen molar-refractivity contribution in [1.82, 2.24) is 0 Å². The van der Waals surface area contributed by atoms with Gasteiger partial charge in [-0.05, 0) is 98.7 Å². The Morgan fingerprint density at radius 3 is 2.30 bits per heavy atom. The first-order valence-corrected chi connectivity index (χ1v) is 10.4. The molecule has 0 aliphatic heterocycles. The van der Waals surface area contributed by atoms with Crippen LogP contribution in [0.4, 0.5) is 0 Å². The summed E-state index contributed by atoms with van der Waals surface area (Å²) in [6.45, 7) is 9.45. The van der Waals surface area contributed by atoms with Gasteiger partial charge >= 0.3 is 0 Å². The lowest BCUT2D eigenvalue weighted by atomic mass is 9.44. The van der Waals surface area contributed by atoms with Crippen LogP contribution in [0.1, 0.15) is 85.5 Å². The number of rotatable bonds is 1. The Balaban J connectivity index is 1.61. The van der Waals surface area contributed by atoms with Gasteiger partial charge in [-0.2, -0.15) is 0 Å². The summed E-state index contributed by atoms with van der Waals surface area (Å²) in [4.78, 5) is 12.2. The first kappa shape index (κ1) is 16.2. The zero-order valence-corrected chi connectivity index (χ0v) is 15.7. The molecule has 0 bridgehead atoms. The minimum atomic E-state index is 0.332. The lowest BCUT2D eigenvalue weighted by molar-refractivity contribution is -0.135. The molecular weight excluding hydrogens is 280 g/mol. The number of hydrogen-bond acceptors (Lipinski definition) is 1. The van der Waals surface area contributed by atoms with Crippen molar-refractivity contribution in [3.8, 4) is 0 Å². The normalized spacial score (nSPS) is 55.7. The Morgan fingerprint density at radius 1 is 0.870 bits per heavy atom. The van der Waals surface area contributed by atoms with Crippen molar-refractivity contribution in [3.63, 3.8) is 0 Å². The highest BCUT2D eigenvalue weighted by atomic mass is 16.1. The average molecular weight is 317 g/mol. The van der Waals surface area contributed by atoms with Crippen molar-refractivity contribution in [2.75, 3.05) is 0 Å². The average Bonchev–Trinajstić information content (AvgIpc) is 2.85. The lowest BCUT2D eigenvalue weighted by Crippen LogP contribution is -2.53. The zero-order valence-electron chi connectivity index (χ0n) is 15.7. The van der Waals surface area contributed by atoms with Crippen molar-refractivity contribution in [2.45, 2.75) is 85.5 Å². The molecule has 0 aromatic heterocycles. The van der Waals surface area contributed by atoms with Gasteiger partial charge in [-0.1, -0.05) is 27.2 Å². The molecule has 4 fully saturated rings. The first-order valence-electron chi connectivity index (χ1n) is 10.4. The predicted molar refractivity (Wildman–Crippen MR) is 95.1 cm³/mol. The van der Waals surface area contributed by atoms with Crippen LogP contribution in [0.2, 0.25) is 0 Å². The third-order valence-corrected chi connectivity index (χ3v) is 9.42. The molecular formula is C22H36O. The minimum Gasteiger partial charge on any atom is -0.300 e. The molecule has 0 heterocycles. The van der Waals surface area contributed by atoms with Crippen LogP contribution in [0.5, 0.6) is 0 Å². The zero-order chi connectivity index (χ0) is 16.4. The van der Waals surface area contributed by atoms with E-state index in [-0.39, 0.29) is 0 Å². The number of Topliss-reactive ketones (excluding diaryl/α,β-unsaturated/α-hetero) is 1. The fourth-order valence-electron chi connectivity index (χ4n) is 8.14. The number of ketones is 1. The van der Waals surface area contributed by atoms with E-state index in [0.29, 0.717) is 22.5 Å². The molecule has 0 spiro atoms. The molecule has 8 atom stereocenters. The van der Waals surface area contributed by atoms with Crippen LogP contribution >= 0.6 is 0 Å². The van der Waals surface area contributed by atoms with Gasteiger partial charge in [0.2, 0.25) is 0 Å². The largest absolute Gasteiger partial charge is 0.300 e. The summed E-state index contributed by atoms with van der Waals surface area (Å²) in [6, 6.07) is 0. The van der Waals surface area contributed by atoms with E-state index in [9.17, 15) is 4.79 Å². The van der Waals surface area contributed by atoms with Crippen LogP contribution in [0.3, 0.4) is 0 Å². The maximum absolute atomic E-state index is 12.2. The highest BCUT2D eigenvalue weighted by Crippen LogP contribution is 2.67. The maximum atomic E-state index is 12.2. The Kier molecular flexibility index (Phi) is 3.75. The van der Waals surface area contributed by atoms with Crippen LogP contribution in [0.25, 0.3) is 0 Å². The fourth-order valence-corrected chi connectivity index (χ4v) is 8.14. The highest BCUT2D eigenvalue weighted by molar-refractivity contribution is 5.79. The Bertz CT molecular complexity index is 496. The van der Waals surface area contributed by atoms with E-state index in [0.717, 1.165) is 29.6 Å². The summed E-state index contributed by atoms with van der Waals surface area (Å²) in [5.74, 6) is 5.50. The molecule has 0 N–H and O–H groups in total. The van der Waals surface area contributed by atoms with E-state index in [1.165, 1.54) is 57.8 Å². The molecule has 4 aliphatic carbocycles. The third kappa shape index (κ3) is 2.20. The SMILES string of the molecule is CC(=O)[C@H]1CC[C@H]2[C@@H]3CCC4C[C@@H](C)CC[C@]4(C)[C@H]3CC[C@]12C. The second kappa shape index (κ2) is 5.33. The molecule has 0 radical (unpaired) electrons. The Morgan fingerprint density at radius 2 is 1.57 bits per heavy atom. The Hall–Kier alpha value is -0.330. The van der Waals surface area contributed by atoms with Crippen molar-refractivity contribution >= 4 is 5.78 Å².